The van der Waals surface area contributed by atoms with Crippen LogP contribution >= 0.6 is 0 Å². The van der Waals surface area contributed by atoms with Crippen LogP contribution in [0.2, 0.25) is 0 Å². The van der Waals surface area contributed by atoms with Crippen molar-refractivity contribution in [3.8, 4) is 17.2 Å². The van der Waals surface area contributed by atoms with Crippen molar-refractivity contribution in [1.29, 1.82) is 0 Å². The first-order chi connectivity index (χ1) is 7.19. The molecule has 1 aromatic rings. The molecule has 0 aliphatic rings. The second kappa shape index (κ2) is 5.04. The fourth-order valence-corrected chi connectivity index (χ4v) is 0.978. The molecule has 15 heavy (non-hydrogen) atoms. The molecule has 0 radical (unpaired) electrons. The van der Waals surface area contributed by atoms with Gasteiger partial charge in [-0.05, 0) is 0 Å². The molecule has 0 aromatic carbocycles. The van der Waals surface area contributed by atoms with Crippen molar-refractivity contribution in [2.45, 2.75) is 0 Å². The molecule has 1 rings (SSSR count). The van der Waals surface area contributed by atoms with Crippen LogP contribution in [-0.4, -0.2) is 36.9 Å². The summed E-state index contributed by atoms with van der Waals surface area (Å²) in [7, 11) is 2.87. The van der Waals surface area contributed by atoms with Crippen LogP contribution in [0.4, 0.5) is 0 Å². The molecular weight excluding hydrogens is 202 g/mol. The van der Waals surface area contributed by atoms with Gasteiger partial charge in [0, 0.05) is 0 Å². The molecule has 0 fully saturated rings. The van der Waals surface area contributed by atoms with Crippen molar-refractivity contribution < 1.29 is 24.1 Å². The zero-order chi connectivity index (χ0) is 11.3. The summed E-state index contributed by atoms with van der Waals surface area (Å²) in [6.07, 6.45) is 2.83. The fraction of sp³-hybridized carbons (Fsp3) is 0.333. The Balaban J connectivity index is 2.94. The third-order valence-corrected chi connectivity index (χ3v) is 1.61. The van der Waals surface area contributed by atoms with Gasteiger partial charge in [-0.2, -0.15) is 0 Å². The molecule has 0 spiro atoms. The lowest BCUT2D eigenvalue weighted by atomic mass is 10.4. The highest BCUT2D eigenvalue weighted by atomic mass is 16.5. The van der Waals surface area contributed by atoms with E-state index in [2.05, 4.69) is 4.98 Å². The summed E-state index contributed by atoms with van der Waals surface area (Å²) >= 11 is 0. The second-order valence-corrected chi connectivity index (χ2v) is 2.56. The highest BCUT2D eigenvalue weighted by Gasteiger charge is 2.13. The Morgan fingerprint density at radius 1 is 1.33 bits per heavy atom. The Kier molecular flexibility index (Phi) is 3.73. The second-order valence-electron chi connectivity index (χ2n) is 2.56. The van der Waals surface area contributed by atoms with Crippen LogP contribution in [0.25, 0.3) is 0 Å². The lowest BCUT2D eigenvalue weighted by molar-refractivity contribution is -0.139. The number of methoxy groups -OCH3 is 2. The molecule has 1 N–H and O–H groups in total. The molecular formula is C9H11NO5. The van der Waals surface area contributed by atoms with Crippen molar-refractivity contribution in [2.24, 2.45) is 0 Å². The topological polar surface area (TPSA) is 77.9 Å². The van der Waals surface area contributed by atoms with Crippen molar-refractivity contribution in [3.05, 3.63) is 12.4 Å². The fourth-order valence-electron chi connectivity index (χ4n) is 0.978. The first-order valence-corrected chi connectivity index (χ1v) is 4.09. The quantitative estimate of drug-likeness (QED) is 0.770. The Hall–Kier alpha value is -1.98. The number of aromatic nitrogens is 1. The van der Waals surface area contributed by atoms with Crippen molar-refractivity contribution in [1.82, 2.24) is 4.98 Å². The number of carbonyl (C=O) groups is 1. The first-order valence-electron chi connectivity index (χ1n) is 4.09. The number of aliphatic carboxylic acids is 1. The number of carboxylic acid groups (broad SMARTS) is 1. The summed E-state index contributed by atoms with van der Waals surface area (Å²) in [6, 6.07) is 0. The van der Waals surface area contributed by atoms with E-state index < -0.39 is 12.6 Å². The molecule has 0 amide bonds. The Morgan fingerprint density at radius 3 is 2.27 bits per heavy atom. The smallest absolute Gasteiger partial charge is 0.341 e. The molecule has 0 bridgehead atoms. The predicted molar refractivity (Wildman–Crippen MR) is 50.5 cm³/mol. The van der Waals surface area contributed by atoms with Crippen LogP contribution in [0.15, 0.2) is 12.4 Å². The Labute approximate surface area is 86.4 Å². The minimum atomic E-state index is -1.07. The molecule has 0 aliphatic carbocycles. The maximum Gasteiger partial charge on any atom is 0.341 e. The van der Waals surface area contributed by atoms with Gasteiger partial charge in [0.25, 0.3) is 0 Å². The van der Waals surface area contributed by atoms with E-state index in [0.29, 0.717) is 11.5 Å². The number of pyridine rings is 1. The third kappa shape index (κ3) is 2.73. The number of hydrogen-bond acceptors (Lipinski definition) is 5. The molecule has 0 unspecified atom stereocenters. The highest BCUT2D eigenvalue weighted by Crippen LogP contribution is 2.35. The van der Waals surface area contributed by atoms with Gasteiger partial charge in [-0.25, -0.2) is 4.79 Å². The van der Waals surface area contributed by atoms with Gasteiger partial charge < -0.3 is 19.3 Å². The van der Waals surface area contributed by atoms with Crippen LogP contribution in [0, 0.1) is 0 Å². The minimum Gasteiger partial charge on any atom is -0.491 e. The monoisotopic (exact) mass is 213 g/mol. The summed E-state index contributed by atoms with van der Waals surface area (Å²) in [6.45, 7) is -0.462. The van der Waals surface area contributed by atoms with Gasteiger partial charge in [0.1, 0.15) is 0 Å². The lowest BCUT2D eigenvalue weighted by Crippen LogP contribution is -2.10. The average molecular weight is 213 g/mol. The minimum absolute atomic E-state index is 0.234. The van der Waals surface area contributed by atoms with Gasteiger partial charge in [-0.3, -0.25) is 4.98 Å². The Morgan fingerprint density at radius 2 is 1.87 bits per heavy atom. The van der Waals surface area contributed by atoms with Crippen LogP contribution in [-0.2, 0) is 4.79 Å². The maximum absolute atomic E-state index is 10.3. The van der Waals surface area contributed by atoms with Gasteiger partial charge in [-0.1, -0.05) is 0 Å². The average Bonchev–Trinajstić information content (AvgIpc) is 2.25. The number of hydrogen-bond donors (Lipinski definition) is 1. The molecule has 6 heteroatoms. The summed E-state index contributed by atoms with van der Waals surface area (Å²) in [5.41, 5.74) is 0. The molecule has 0 saturated heterocycles. The number of ether oxygens (including phenoxy) is 3. The molecule has 0 aliphatic heterocycles. The van der Waals surface area contributed by atoms with Crippen molar-refractivity contribution >= 4 is 5.97 Å². The number of nitrogens with zero attached hydrogens (tertiary/aromatic N) is 1. The summed E-state index contributed by atoms with van der Waals surface area (Å²) in [5, 5.41) is 8.48. The zero-order valence-electron chi connectivity index (χ0n) is 8.39. The summed E-state index contributed by atoms with van der Waals surface area (Å²) in [5.74, 6) is -0.181. The van der Waals surface area contributed by atoms with Gasteiger partial charge in [-0.15, -0.1) is 0 Å². The van der Waals surface area contributed by atoms with E-state index in [1.54, 1.807) is 0 Å². The molecule has 1 aromatic heterocycles. The highest BCUT2D eigenvalue weighted by molar-refractivity contribution is 5.69. The standard InChI is InChI=1S/C9H11NO5/c1-13-6-3-10-4-7(14-2)9(6)15-5-8(11)12/h3-4H,5H2,1-2H3,(H,11,12). The Bertz CT molecular complexity index is 330. The zero-order valence-corrected chi connectivity index (χ0v) is 8.39. The lowest BCUT2D eigenvalue weighted by Gasteiger charge is -2.11. The van der Waals surface area contributed by atoms with Crippen LogP contribution < -0.4 is 14.2 Å². The largest absolute Gasteiger partial charge is 0.491 e. The third-order valence-electron chi connectivity index (χ3n) is 1.61. The molecule has 1 heterocycles. The number of carboxylic acids is 1. The number of rotatable bonds is 5. The van der Waals surface area contributed by atoms with Crippen LogP contribution in [0.5, 0.6) is 17.2 Å². The summed E-state index contributed by atoms with van der Waals surface area (Å²) < 4.78 is 14.9. The van der Waals surface area contributed by atoms with Gasteiger partial charge in [0.15, 0.2) is 18.1 Å². The first kappa shape index (κ1) is 11.1. The molecule has 0 atom stereocenters. The van der Waals surface area contributed by atoms with Crippen LogP contribution in [0.3, 0.4) is 0 Å². The SMILES string of the molecule is COc1cncc(OC)c1OCC(=O)O. The molecule has 82 valence electrons. The van der Waals surface area contributed by atoms with E-state index in [1.165, 1.54) is 26.6 Å². The van der Waals surface area contributed by atoms with E-state index in [1.807, 2.05) is 0 Å². The van der Waals surface area contributed by atoms with E-state index >= 15 is 0 Å². The molecule has 6 nitrogen and oxygen atoms in total. The van der Waals surface area contributed by atoms with Gasteiger partial charge in [0.05, 0.1) is 26.6 Å². The normalized spacial score (nSPS) is 9.47. The van der Waals surface area contributed by atoms with E-state index in [-0.39, 0.29) is 5.75 Å². The van der Waals surface area contributed by atoms with E-state index in [4.69, 9.17) is 19.3 Å². The van der Waals surface area contributed by atoms with E-state index in [0.717, 1.165) is 0 Å². The van der Waals surface area contributed by atoms with Crippen LogP contribution in [0.1, 0.15) is 0 Å². The predicted octanol–water partition coefficient (Wildman–Crippen LogP) is 0.562. The summed E-state index contributed by atoms with van der Waals surface area (Å²) in [4.78, 5) is 14.2. The molecule has 0 saturated carbocycles. The van der Waals surface area contributed by atoms with Gasteiger partial charge in [0.2, 0.25) is 5.75 Å². The van der Waals surface area contributed by atoms with E-state index in [9.17, 15) is 4.79 Å². The van der Waals surface area contributed by atoms with Crippen molar-refractivity contribution in [2.75, 3.05) is 20.8 Å². The van der Waals surface area contributed by atoms with Crippen molar-refractivity contribution in [3.63, 3.8) is 0 Å². The maximum atomic E-state index is 10.3. The van der Waals surface area contributed by atoms with Gasteiger partial charge >= 0.3 is 5.97 Å².